The third-order valence-corrected chi connectivity index (χ3v) is 8.01. The number of ether oxygens (including phenoxy) is 1. The van der Waals surface area contributed by atoms with Crippen molar-refractivity contribution in [3.05, 3.63) is 34.9 Å². The molecular formula is C28H37NO5. The number of carbonyl (C=O) groups is 4. The summed E-state index contributed by atoms with van der Waals surface area (Å²) in [4.78, 5) is 50.1. The maximum atomic E-state index is 13.2. The molecule has 2 heterocycles. The maximum absolute atomic E-state index is 13.2. The van der Waals surface area contributed by atoms with E-state index >= 15 is 0 Å². The molecule has 1 N–H and O–H groups in total. The fourth-order valence-corrected chi connectivity index (χ4v) is 6.19. The summed E-state index contributed by atoms with van der Waals surface area (Å²) >= 11 is 0. The van der Waals surface area contributed by atoms with Crippen LogP contribution in [-0.2, 0) is 43.2 Å². The molecule has 2 amide bonds. The molecule has 1 aliphatic carbocycles. The second-order valence-corrected chi connectivity index (χ2v) is 11.0. The maximum Gasteiger partial charge on any atom is 0.226 e. The number of carbonyl (C=O) groups excluding carboxylic acids is 4. The van der Waals surface area contributed by atoms with E-state index in [1.807, 2.05) is 32.0 Å². The molecule has 6 heteroatoms. The van der Waals surface area contributed by atoms with Crippen molar-refractivity contribution in [1.29, 1.82) is 0 Å². The fraction of sp³-hybridized carbons (Fsp3) is 0.643. The summed E-state index contributed by atoms with van der Waals surface area (Å²) in [7, 11) is 0. The molecule has 2 aliphatic heterocycles. The van der Waals surface area contributed by atoms with Gasteiger partial charge in [0.2, 0.25) is 11.8 Å². The summed E-state index contributed by atoms with van der Waals surface area (Å²) in [6.45, 7) is 5.54. The van der Waals surface area contributed by atoms with Crippen LogP contribution in [-0.4, -0.2) is 36.6 Å². The van der Waals surface area contributed by atoms with E-state index < -0.39 is 0 Å². The lowest BCUT2D eigenvalue weighted by atomic mass is 9.77. The number of fused-ring (bicyclic) bond motifs is 1. The van der Waals surface area contributed by atoms with Gasteiger partial charge in [-0.1, -0.05) is 32.0 Å². The third kappa shape index (κ3) is 5.83. The predicted molar refractivity (Wildman–Crippen MR) is 128 cm³/mol. The molecule has 6 nitrogen and oxygen atoms in total. The van der Waals surface area contributed by atoms with Crippen molar-refractivity contribution in [1.82, 2.24) is 5.32 Å². The number of nitrogens with one attached hydrogen (secondary N) is 1. The molecule has 0 spiro atoms. The molecule has 1 aromatic rings. The number of hydrogen-bond acceptors (Lipinski definition) is 5. The van der Waals surface area contributed by atoms with Crippen molar-refractivity contribution in [2.24, 2.45) is 23.2 Å². The summed E-state index contributed by atoms with van der Waals surface area (Å²) in [6, 6.07) is 6.07. The van der Waals surface area contributed by atoms with Crippen LogP contribution in [0.1, 0.15) is 75.5 Å². The Balaban J connectivity index is 1.44. The minimum atomic E-state index is -0.365. The molecule has 2 atom stereocenters. The Morgan fingerprint density at radius 1 is 1.00 bits per heavy atom. The van der Waals surface area contributed by atoms with Gasteiger partial charge in [-0.3, -0.25) is 24.5 Å². The summed E-state index contributed by atoms with van der Waals surface area (Å²) in [6.07, 6.45) is 6.05. The van der Waals surface area contributed by atoms with Crippen LogP contribution in [0.5, 0.6) is 0 Å². The van der Waals surface area contributed by atoms with Crippen LogP contribution in [0.15, 0.2) is 18.2 Å². The van der Waals surface area contributed by atoms with E-state index in [1.54, 1.807) is 0 Å². The lowest BCUT2D eigenvalue weighted by Gasteiger charge is -2.31. The van der Waals surface area contributed by atoms with Crippen LogP contribution in [0.25, 0.3) is 0 Å². The Morgan fingerprint density at radius 2 is 1.74 bits per heavy atom. The molecule has 3 aliphatic rings. The Hall–Kier alpha value is -2.34. The molecule has 1 saturated carbocycles. The van der Waals surface area contributed by atoms with Crippen LogP contribution in [0.3, 0.4) is 0 Å². The molecule has 184 valence electrons. The van der Waals surface area contributed by atoms with Gasteiger partial charge in [0.25, 0.3) is 0 Å². The molecule has 4 rings (SSSR count). The van der Waals surface area contributed by atoms with Crippen molar-refractivity contribution >= 4 is 23.4 Å². The normalized spacial score (nSPS) is 26.1. The van der Waals surface area contributed by atoms with Gasteiger partial charge < -0.3 is 4.74 Å². The summed E-state index contributed by atoms with van der Waals surface area (Å²) < 4.78 is 5.53. The zero-order valence-corrected chi connectivity index (χ0v) is 20.5. The van der Waals surface area contributed by atoms with Gasteiger partial charge in [-0.2, -0.15) is 0 Å². The number of amides is 2. The topological polar surface area (TPSA) is 89.5 Å². The highest BCUT2D eigenvalue weighted by atomic mass is 16.5. The van der Waals surface area contributed by atoms with E-state index in [0.717, 1.165) is 55.6 Å². The standard InChI is InChI=1S/C28H37NO5/c1-28(2)17-24(20-10-12-34-13-11-20)23(27(28)33)16-22(30)15-18-6-7-19-4-3-5-25(31)29-26(32)9-8-21(19)14-18/h6-7,14,20,23-24H,3-5,8-13,15-17H2,1-2H3,(H,29,31,32). The number of ketones is 2. The van der Waals surface area contributed by atoms with Crippen molar-refractivity contribution < 1.29 is 23.9 Å². The highest BCUT2D eigenvalue weighted by Gasteiger charge is 2.50. The minimum absolute atomic E-state index is 0.108. The quantitative estimate of drug-likeness (QED) is 0.666. The number of Topliss-reactive ketones (excluding diaryl/α,β-unsaturated/α-hetero) is 2. The highest BCUT2D eigenvalue weighted by Crippen LogP contribution is 2.49. The van der Waals surface area contributed by atoms with E-state index in [0.29, 0.717) is 38.0 Å². The Labute approximate surface area is 202 Å². The van der Waals surface area contributed by atoms with E-state index in [2.05, 4.69) is 5.32 Å². The summed E-state index contributed by atoms with van der Waals surface area (Å²) in [5.41, 5.74) is 2.79. The van der Waals surface area contributed by atoms with Gasteiger partial charge in [-0.05, 0) is 67.1 Å². The van der Waals surface area contributed by atoms with Gasteiger partial charge in [0.05, 0.1) is 0 Å². The van der Waals surface area contributed by atoms with Crippen LogP contribution < -0.4 is 5.32 Å². The highest BCUT2D eigenvalue weighted by molar-refractivity contribution is 5.95. The predicted octanol–water partition coefficient (Wildman–Crippen LogP) is 3.76. The zero-order chi connectivity index (χ0) is 24.3. The fourth-order valence-electron chi connectivity index (χ4n) is 6.19. The molecule has 0 radical (unpaired) electrons. The number of hydrogen-bond donors (Lipinski definition) is 1. The number of aryl methyl sites for hydroxylation is 2. The van der Waals surface area contributed by atoms with Crippen molar-refractivity contribution in [2.45, 2.75) is 78.1 Å². The Morgan fingerprint density at radius 3 is 2.50 bits per heavy atom. The molecule has 2 fully saturated rings. The number of imide groups is 1. The number of benzene rings is 1. The van der Waals surface area contributed by atoms with E-state index in [9.17, 15) is 19.2 Å². The third-order valence-electron chi connectivity index (χ3n) is 8.01. The van der Waals surface area contributed by atoms with E-state index in [4.69, 9.17) is 4.74 Å². The van der Waals surface area contributed by atoms with Crippen molar-refractivity contribution in [3.63, 3.8) is 0 Å². The minimum Gasteiger partial charge on any atom is -0.381 e. The molecule has 34 heavy (non-hydrogen) atoms. The Kier molecular flexibility index (Phi) is 7.66. The smallest absolute Gasteiger partial charge is 0.226 e. The van der Waals surface area contributed by atoms with E-state index in [-0.39, 0.29) is 47.1 Å². The van der Waals surface area contributed by atoms with Crippen molar-refractivity contribution in [3.8, 4) is 0 Å². The first-order chi connectivity index (χ1) is 16.2. The number of rotatable bonds is 5. The second-order valence-electron chi connectivity index (χ2n) is 11.0. The average molecular weight is 468 g/mol. The molecule has 2 unspecified atom stereocenters. The molecule has 0 bridgehead atoms. The first kappa shape index (κ1) is 24.8. The van der Waals surface area contributed by atoms with Crippen LogP contribution in [0.4, 0.5) is 0 Å². The van der Waals surface area contributed by atoms with Gasteiger partial charge in [-0.15, -0.1) is 0 Å². The van der Waals surface area contributed by atoms with Crippen LogP contribution in [0, 0.1) is 23.2 Å². The monoisotopic (exact) mass is 467 g/mol. The zero-order valence-electron chi connectivity index (χ0n) is 20.5. The summed E-state index contributed by atoms with van der Waals surface area (Å²) in [5, 5.41) is 2.44. The van der Waals surface area contributed by atoms with Gasteiger partial charge in [-0.25, -0.2) is 0 Å². The first-order valence-electron chi connectivity index (χ1n) is 12.8. The Bertz CT molecular complexity index is 960. The lowest BCUT2D eigenvalue weighted by molar-refractivity contribution is -0.131. The van der Waals surface area contributed by atoms with Crippen LogP contribution in [0.2, 0.25) is 0 Å². The molecule has 0 aromatic heterocycles. The van der Waals surface area contributed by atoms with Gasteiger partial charge in [0, 0.05) is 50.2 Å². The molecule has 1 aromatic carbocycles. The van der Waals surface area contributed by atoms with Crippen LogP contribution >= 0.6 is 0 Å². The second kappa shape index (κ2) is 10.5. The first-order valence-corrected chi connectivity index (χ1v) is 12.8. The van der Waals surface area contributed by atoms with Gasteiger partial charge in [0.15, 0.2) is 0 Å². The average Bonchev–Trinajstić information content (AvgIpc) is 3.02. The largest absolute Gasteiger partial charge is 0.381 e. The molecule has 1 saturated heterocycles. The SMILES string of the molecule is CC1(C)CC(C2CCOCC2)C(CC(=O)Cc2ccc3c(c2)CCC(=O)NC(=O)CCC3)C1=O. The summed E-state index contributed by atoms with van der Waals surface area (Å²) in [5.74, 6) is 0.420. The van der Waals surface area contributed by atoms with Crippen molar-refractivity contribution in [2.75, 3.05) is 13.2 Å². The lowest BCUT2D eigenvalue weighted by Crippen LogP contribution is -2.31. The van der Waals surface area contributed by atoms with E-state index in [1.165, 1.54) is 0 Å². The van der Waals surface area contributed by atoms with Gasteiger partial charge >= 0.3 is 0 Å². The van der Waals surface area contributed by atoms with Gasteiger partial charge in [0.1, 0.15) is 11.6 Å². The molecular weight excluding hydrogens is 430 g/mol.